The molecule has 1 atom stereocenters. The van der Waals surface area contributed by atoms with Gasteiger partial charge in [0.1, 0.15) is 40.1 Å². The van der Waals surface area contributed by atoms with Gasteiger partial charge >= 0.3 is 6.01 Å². The number of nitrogen functional groups attached to an aromatic ring is 2. The first-order chi connectivity index (χ1) is 20.1. The molecule has 4 heterocycles. The van der Waals surface area contributed by atoms with Crippen LogP contribution in [0, 0.1) is 23.0 Å². The van der Waals surface area contributed by atoms with Crippen molar-refractivity contribution in [3.05, 3.63) is 64.3 Å². The number of pyridine rings is 1. The molecule has 214 valence electrons. The molecule has 42 heavy (non-hydrogen) atoms. The van der Waals surface area contributed by atoms with E-state index in [2.05, 4.69) is 19.9 Å². The van der Waals surface area contributed by atoms with Crippen molar-refractivity contribution in [3.8, 4) is 23.2 Å². The molecule has 3 aromatic heterocycles. The highest BCUT2D eigenvalue weighted by Crippen LogP contribution is 2.46. The van der Waals surface area contributed by atoms with Crippen LogP contribution in [0.15, 0.2) is 36.5 Å². The van der Waals surface area contributed by atoms with Crippen LogP contribution in [0.2, 0.25) is 5.02 Å². The number of anilines is 3. The fourth-order valence-electron chi connectivity index (χ4n) is 5.28. The average molecular weight is 607 g/mol. The number of nitrogens with zero attached hydrogens (tertiary/aromatic N) is 6. The zero-order valence-electron chi connectivity index (χ0n) is 22.8. The quantitative estimate of drug-likeness (QED) is 0.247. The van der Waals surface area contributed by atoms with Gasteiger partial charge in [-0.1, -0.05) is 23.7 Å². The molecule has 0 saturated carbocycles. The summed E-state index contributed by atoms with van der Waals surface area (Å²) in [5.74, 6) is -0.604. The first-order valence-electron chi connectivity index (χ1n) is 13.0. The lowest BCUT2D eigenvalue weighted by Gasteiger charge is -2.35. The SMILES string of the molecule is C[C@H](c1cccnc1N)N(C)c1nc(OC2CN(C)C2)nc2c(F)c(-c3ccc(F)c4sc(N)c(C#N)c34)c(Cl)cc12. The van der Waals surface area contributed by atoms with E-state index in [1.165, 1.54) is 12.1 Å². The van der Waals surface area contributed by atoms with Crippen LogP contribution >= 0.6 is 22.9 Å². The van der Waals surface area contributed by atoms with Crippen LogP contribution in [0.1, 0.15) is 24.1 Å². The largest absolute Gasteiger partial charge is 0.457 e. The van der Waals surface area contributed by atoms with Gasteiger partial charge < -0.3 is 21.1 Å². The van der Waals surface area contributed by atoms with Crippen LogP contribution in [0.4, 0.5) is 25.4 Å². The highest BCUT2D eigenvalue weighted by Gasteiger charge is 2.30. The minimum Gasteiger partial charge on any atom is -0.457 e. The van der Waals surface area contributed by atoms with Crippen LogP contribution < -0.4 is 21.1 Å². The van der Waals surface area contributed by atoms with Gasteiger partial charge in [0.15, 0.2) is 5.82 Å². The molecule has 4 N–H and O–H groups in total. The maximum Gasteiger partial charge on any atom is 0.319 e. The summed E-state index contributed by atoms with van der Waals surface area (Å²) in [6.45, 7) is 3.27. The minimum absolute atomic E-state index is 0.00252. The smallest absolute Gasteiger partial charge is 0.319 e. The Balaban J connectivity index is 1.58. The second-order valence-corrected chi connectivity index (χ2v) is 11.7. The Morgan fingerprint density at radius 2 is 2.00 bits per heavy atom. The molecule has 0 bridgehead atoms. The monoisotopic (exact) mass is 606 g/mol. The van der Waals surface area contributed by atoms with Gasteiger partial charge in [0.05, 0.1) is 21.3 Å². The number of nitriles is 1. The van der Waals surface area contributed by atoms with Gasteiger partial charge in [0.2, 0.25) is 0 Å². The predicted molar refractivity (Wildman–Crippen MR) is 162 cm³/mol. The van der Waals surface area contributed by atoms with E-state index < -0.39 is 11.6 Å². The third kappa shape index (κ3) is 4.50. The molecule has 0 radical (unpaired) electrons. The average Bonchev–Trinajstić information content (AvgIpc) is 3.29. The van der Waals surface area contributed by atoms with E-state index in [1.807, 2.05) is 31.0 Å². The summed E-state index contributed by atoms with van der Waals surface area (Å²) >= 11 is 7.69. The number of benzene rings is 2. The van der Waals surface area contributed by atoms with Gasteiger partial charge in [-0.2, -0.15) is 15.2 Å². The summed E-state index contributed by atoms with van der Waals surface area (Å²) in [5, 5.41) is 10.5. The fourth-order valence-corrected chi connectivity index (χ4v) is 6.52. The molecule has 6 rings (SSSR count). The Kier molecular flexibility index (Phi) is 6.97. The third-order valence-electron chi connectivity index (χ3n) is 7.58. The van der Waals surface area contributed by atoms with Gasteiger partial charge in [0.25, 0.3) is 0 Å². The second kappa shape index (κ2) is 10.5. The number of rotatable bonds is 6. The van der Waals surface area contributed by atoms with E-state index in [0.717, 1.165) is 16.9 Å². The van der Waals surface area contributed by atoms with E-state index in [4.69, 9.17) is 27.8 Å². The summed E-state index contributed by atoms with van der Waals surface area (Å²) < 4.78 is 37.6. The highest BCUT2D eigenvalue weighted by atomic mass is 35.5. The van der Waals surface area contributed by atoms with Crippen molar-refractivity contribution in [2.45, 2.75) is 19.1 Å². The van der Waals surface area contributed by atoms with E-state index in [0.29, 0.717) is 30.1 Å². The first-order valence-corrected chi connectivity index (χ1v) is 14.2. The topological polar surface area (TPSA) is 130 Å². The summed E-state index contributed by atoms with van der Waals surface area (Å²) in [6, 6.07) is 9.52. The summed E-state index contributed by atoms with van der Waals surface area (Å²) in [5.41, 5.74) is 13.2. The maximum atomic E-state index is 16.7. The molecule has 13 heteroatoms. The van der Waals surface area contributed by atoms with E-state index >= 15 is 4.39 Å². The van der Waals surface area contributed by atoms with E-state index in [-0.39, 0.29) is 60.5 Å². The number of thiophene rings is 1. The molecule has 0 amide bonds. The van der Waals surface area contributed by atoms with Gasteiger partial charge in [-0.15, -0.1) is 11.3 Å². The zero-order chi connectivity index (χ0) is 29.9. The Morgan fingerprint density at radius 1 is 1.24 bits per heavy atom. The molecule has 5 aromatic rings. The van der Waals surface area contributed by atoms with Crippen molar-refractivity contribution in [2.24, 2.45) is 0 Å². The maximum absolute atomic E-state index is 16.7. The van der Waals surface area contributed by atoms with E-state index in [9.17, 15) is 9.65 Å². The van der Waals surface area contributed by atoms with E-state index in [1.54, 1.807) is 25.4 Å². The van der Waals surface area contributed by atoms with Crippen LogP contribution in [0.25, 0.3) is 32.1 Å². The molecular formula is C29H25ClF2N8OS. The summed E-state index contributed by atoms with van der Waals surface area (Å²) in [4.78, 5) is 17.3. The van der Waals surface area contributed by atoms with Crippen molar-refractivity contribution >= 4 is 60.6 Å². The van der Waals surface area contributed by atoms with Crippen molar-refractivity contribution in [1.29, 1.82) is 5.26 Å². The number of aromatic nitrogens is 3. The predicted octanol–water partition coefficient (Wildman–Crippen LogP) is 5.76. The van der Waals surface area contributed by atoms with Crippen molar-refractivity contribution in [3.63, 3.8) is 0 Å². The van der Waals surface area contributed by atoms with Gasteiger partial charge in [-0.25, -0.2) is 13.8 Å². The number of likely N-dealkylation sites (tertiary alicyclic amines) is 1. The van der Waals surface area contributed by atoms with Crippen LogP contribution in [-0.4, -0.2) is 53.1 Å². The molecule has 1 fully saturated rings. The number of ether oxygens (including phenoxy) is 1. The normalized spacial score (nSPS) is 14.6. The molecule has 1 aliphatic heterocycles. The second-order valence-electron chi connectivity index (χ2n) is 10.3. The Morgan fingerprint density at radius 3 is 2.69 bits per heavy atom. The Labute approximate surface area is 248 Å². The van der Waals surface area contributed by atoms with Crippen LogP contribution in [-0.2, 0) is 0 Å². The van der Waals surface area contributed by atoms with Crippen LogP contribution in [0.5, 0.6) is 6.01 Å². The summed E-state index contributed by atoms with van der Waals surface area (Å²) in [6.07, 6.45) is 1.45. The molecule has 1 saturated heterocycles. The Hall–Kier alpha value is -4.31. The molecule has 2 aromatic carbocycles. The molecule has 1 aliphatic rings. The van der Waals surface area contributed by atoms with Crippen LogP contribution in [0.3, 0.4) is 0 Å². The zero-order valence-corrected chi connectivity index (χ0v) is 24.4. The molecular weight excluding hydrogens is 582 g/mol. The molecule has 0 aliphatic carbocycles. The number of hydrogen-bond donors (Lipinski definition) is 2. The number of fused-ring (bicyclic) bond motifs is 2. The van der Waals surface area contributed by atoms with Crippen molar-refractivity contribution < 1.29 is 13.5 Å². The minimum atomic E-state index is -0.764. The molecule has 9 nitrogen and oxygen atoms in total. The summed E-state index contributed by atoms with van der Waals surface area (Å²) in [7, 11) is 3.76. The van der Waals surface area contributed by atoms with Crippen molar-refractivity contribution in [1.82, 2.24) is 19.9 Å². The third-order valence-corrected chi connectivity index (χ3v) is 8.91. The Bertz CT molecular complexity index is 1920. The van der Waals surface area contributed by atoms with Gasteiger partial charge in [-0.3, -0.25) is 4.90 Å². The van der Waals surface area contributed by atoms with Gasteiger partial charge in [0, 0.05) is 48.2 Å². The lowest BCUT2D eigenvalue weighted by molar-refractivity contribution is 0.0323. The van der Waals surface area contributed by atoms with Gasteiger partial charge in [-0.05, 0) is 37.7 Å². The standard InChI is InChI=1S/C29H25ClF2N8OS/c1-13(15-5-4-8-36-26(15)34)40(3)28-17-9-19(30)22(16-6-7-20(31)25-21(16)18(10-33)27(35)42-25)23(32)24(17)37-29(38-28)41-14-11-39(2)12-14/h4-9,13-14H,11-12,35H2,1-3H3,(H2,34,36)/t13-/m1/s1. The number of halogens is 3. The first kappa shape index (κ1) is 27.8. The van der Waals surface area contributed by atoms with Crippen molar-refractivity contribution in [2.75, 3.05) is 43.6 Å². The highest BCUT2D eigenvalue weighted by molar-refractivity contribution is 7.23. The number of nitrogens with two attached hydrogens (primary N) is 2. The lowest BCUT2D eigenvalue weighted by atomic mass is 9.97. The molecule has 0 spiro atoms. The fraction of sp³-hybridized carbons (Fsp3) is 0.241. The lowest BCUT2D eigenvalue weighted by Crippen LogP contribution is -2.51. The number of hydrogen-bond acceptors (Lipinski definition) is 10. The molecule has 0 unspecified atom stereocenters. The number of likely N-dealkylation sites (N-methyl/N-ethyl adjacent to an activating group) is 1.